The van der Waals surface area contributed by atoms with E-state index in [4.69, 9.17) is 5.73 Å². The van der Waals surface area contributed by atoms with Crippen LogP contribution in [0.2, 0.25) is 0 Å². The zero-order chi connectivity index (χ0) is 22.5. The highest BCUT2D eigenvalue weighted by Crippen LogP contribution is 2.24. The van der Waals surface area contributed by atoms with Gasteiger partial charge < -0.3 is 10.5 Å². The molecule has 0 aliphatic carbocycles. The van der Waals surface area contributed by atoms with Crippen LogP contribution in [0.5, 0.6) is 0 Å². The molecule has 4 rings (SSSR count). The number of fused-ring (bicyclic) bond motifs is 1. The van der Waals surface area contributed by atoms with Crippen molar-refractivity contribution in [2.75, 3.05) is 7.11 Å². The number of Topliss-reactive ketones (excluding diaryl/α,β-unsaturated/α-hetero) is 1. The minimum absolute atomic E-state index is 0.0906. The van der Waals surface area contributed by atoms with Gasteiger partial charge in [0.05, 0.1) is 12.0 Å². The lowest BCUT2D eigenvalue weighted by atomic mass is 10.2. The number of rotatable bonds is 4. The fourth-order valence-electron chi connectivity index (χ4n) is 2.65. The monoisotopic (exact) mass is 444 g/mol. The van der Waals surface area contributed by atoms with E-state index in [0.717, 1.165) is 17.0 Å². The van der Waals surface area contributed by atoms with Crippen molar-refractivity contribution in [3.63, 3.8) is 0 Å². The fourth-order valence-corrected chi connectivity index (χ4v) is 3.33. The highest BCUT2D eigenvalue weighted by Gasteiger charge is 2.17. The van der Waals surface area contributed by atoms with E-state index < -0.39 is 17.6 Å². The highest BCUT2D eigenvalue weighted by atomic mass is 32.1. The summed E-state index contributed by atoms with van der Waals surface area (Å²) in [6.45, 7) is 1.65. The van der Waals surface area contributed by atoms with Gasteiger partial charge in [-0.05, 0) is 29.1 Å². The topological polar surface area (TPSA) is 99.6 Å². The number of benzene rings is 1. The number of ether oxygens (including phenoxy) is 1. The van der Waals surface area contributed by atoms with E-state index >= 15 is 0 Å². The minimum atomic E-state index is -0.844. The molecule has 0 fully saturated rings. The molecule has 31 heavy (non-hydrogen) atoms. The van der Waals surface area contributed by atoms with Gasteiger partial charge in [0.25, 0.3) is 0 Å². The highest BCUT2D eigenvalue weighted by molar-refractivity contribution is 7.13. The Kier molecular flexibility index (Phi) is 6.83. The summed E-state index contributed by atoms with van der Waals surface area (Å²) >= 11 is 1.54. The van der Waals surface area contributed by atoms with E-state index in [1.165, 1.54) is 30.7 Å². The number of aromatic nitrogens is 3. The lowest BCUT2D eigenvalue weighted by molar-refractivity contribution is 0.0594. The van der Waals surface area contributed by atoms with Crippen molar-refractivity contribution in [2.24, 2.45) is 5.73 Å². The van der Waals surface area contributed by atoms with E-state index in [2.05, 4.69) is 14.8 Å². The predicted octanol–water partition coefficient (Wildman–Crippen LogP) is 3.87. The first-order valence-electron chi connectivity index (χ1n) is 9.02. The third-order valence-electron chi connectivity index (χ3n) is 4.18. The van der Waals surface area contributed by atoms with Gasteiger partial charge in [0.2, 0.25) is 0 Å². The lowest BCUT2D eigenvalue weighted by Crippen LogP contribution is -2.11. The van der Waals surface area contributed by atoms with Gasteiger partial charge in [-0.1, -0.05) is 12.1 Å². The second-order valence-electron chi connectivity index (χ2n) is 6.30. The van der Waals surface area contributed by atoms with Gasteiger partial charge in [0.1, 0.15) is 11.4 Å². The number of hydrogen-bond acceptors (Lipinski definition) is 7. The number of methoxy groups -OCH3 is 1. The van der Waals surface area contributed by atoms with Crippen molar-refractivity contribution in [3.05, 3.63) is 76.4 Å². The van der Waals surface area contributed by atoms with Crippen molar-refractivity contribution in [1.29, 1.82) is 0 Å². The number of ketones is 1. The van der Waals surface area contributed by atoms with E-state index in [-0.39, 0.29) is 18.0 Å². The molecule has 4 aromatic rings. The molecule has 0 aliphatic rings. The molecule has 0 saturated heterocycles. The summed E-state index contributed by atoms with van der Waals surface area (Å²) in [5.41, 5.74) is 7.31. The zero-order valence-corrected chi connectivity index (χ0v) is 17.5. The normalized spacial score (nSPS) is 10.5. The predicted molar refractivity (Wildman–Crippen MR) is 112 cm³/mol. The third kappa shape index (κ3) is 4.98. The van der Waals surface area contributed by atoms with Gasteiger partial charge in [-0.25, -0.2) is 23.1 Å². The molecule has 0 atom stereocenters. The average Bonchev–Trinajstić information content (AvgIpc) is 3.44. The fraction of sp³-hybridized carbons (Fsp3) is 0.143. The number of carbonyl (C=O) groups is 2. The van der Waals surface area contributed by atoms with E-state index in [9.17, 15) is 18.4 Å². The second kappa shape index (κ2) is 9.54. The Morgan fingerprint density at radius 2 is 1.94 bits per heavy atom. The van der Waals surface area contributed by atoms with E-state index in [1.807, 2.05) is 17.5 Å². The number of hydrogen-bond donors (Lipinski definition) is 1. The number of nitrogens with two attached hydrogens (primary N) is 1. The van der Waals surface area contributed by atoms with Crippen LogP contribution in [-0.2, 0) is 11.3 Å². The molecule has 3 aromatic heterocycles. The van der Waals surface area contributed by atoms with Crippen molar-refractivity contribution < 1.29 is 23.1 Å². The minimum Gasteiger partial charge on any atom is -0.464 e. The maximum Gasteiger partial charge on any atom is 0.356 e. The summed E-state index contributed by atoms with van der Waals surface area (Å²) in [5, 5.41) is 6.34. The largest absolute Gasteiger partial charge is 0.464 e. The van der Waals surface area contributed by atoms with Crippen LogP contribution in [0.1, 0.15) is 33.5 Å². The van der Waals surface area contributed by atoms with Crippen LogP contribution in [-0.4, -0.2) is 33.5 Å². The molecule has 160 valence electrons. The summed E-state index contributed by atoms with van der Waals surface area (Å²) in [4.78, 5) is 28.6. The molecular weight excluding hydrogens is 426 g/mol. The standard InChI is InChI=1S/C14H11N3O3S.C7H7F2N/c1-8(18)11-6-10(14(19)20-2)15-13-7-9(16-17(11)13)12-4-3-5-21-12;8-6-2-1-5(4-10)3-7(6)9/h3-7H,1-2H3;1-3H,4,10H2. The molecule has 0 unspecified atom stereocenters. The SMILES string of the molecule is COC(=O)c1cc(C(C)=O)n2nc(-c3cccs3)cc2n1.NCc1ccc(F)c(F)c1. The summed E-state index contributed by atoms with van der Waals surface area (Å²) in [7, 11) is 1.27. The molecule has 0 saturated carbocycles. The Balaban J connectivity index is 0.000000229. The van der Waals surface area contributed by atoms with E-state index in [1.54, 1.807) is 17.4 Å². The van der Waals surface area contributed by atoms with E-state index in [0.29, 0.717) is 22.6 Å². The molecule has 2 N–H and O–H groups in total. The van der Waals surface area contributed by atoms with Gasteiger partial charge >= 0.3 is 5.97 Å². The van der Waals surface area contributed by atoms with Crippen molar-refractivity contribution in [3.8, 4) is 10.6 Å². The second-order valence-corrected chi connectivity index (χ2v) is 7.25. The van der Waals surface area contributed by atoms with Crippen molar-refractivity contribution in [2.45, 2.75) is 13.5 Å². The number of halogens is 2. The number of esters is 1. The summed E-state index contributed by atoms with van der Waals surface area (Å²) in [6.07, 6.45) is 0. The van der Waals surface area contributed by atoms with Gasteiger partial charge in [0, 0.05) is 25.6 Å². The molecule has 0 spiro atoms. The smallest absolute Gasteiger partial charge is 0.356 e. The molecule has 0 amide bonds. The molecular formula is C21H18F2N4O3S. The van der Waals surface area contributed by atoms with Crippen LogP contribution >= 0.6 is 11.3 Å². The zero-order valence-electron chi connectivity index (χ0n) is 16.6. The van der Waals surface area contributed by atoms with Crippen LogP contribution in [0.25, 0.3) is 16.2 Å². The molecule has 7 nitrogen and oxygen atoms in total. The van der Waals surface area contributed by atoms with Gasteiger partial charge in [0.15, 0.2) is 28.8 Å². The van der Waals surface area contributed by atoms with Crippen LogP contribution in [0.3, 0.4) is 0 Å². The van der Waals surface area contributed by atoms with Crippen LogP contribution < -0.4 is 5.73 Å². The molecule has 0 aliphatic heterocycles. The van der Waals surface area contributed by atoms with Crippen molar-refractivity contribution in [1.82, 2.24) is 14.6 Å². The first kappa shape index (κ1) is 22.2. The molecule has 0 radical (unpaired) electrons. The molecule has 1 aromatic carbocycles. The van der Waals surface area contributed by atoms with Gasteiger partial charge in [-0.15, -0.1) is 11.3 Å². The first-order chi connectivity index (χ1) is 14.8. The van der Waals surface area contributed by atoms with Crippen LogP contribution in [0.15, 0.2) is 47.8 Å². The Bertz CT molecular complexity index is 1240. The van der Waals surface area contributed by atoms with Crippen molar-refractivity contribution >= 4 is 28.7 Å². The lowest BCUT2D eigenvalue weighted by Gasteiger charge is -2.03. The quantitative estimate of drug-likeness (QED) is 0.379. The number of nitrogens with zero attached hydrogens (tertiary/aromatic N) is 3. The Morgan fingerprint density at radius 1 is 1.16 bits per heavy atom. The molecule has 0 bridgehead atoms. The summed E-state index contributed by atoms with van der Waals surface area (Å²) < 4.78 is 30.7. The number of carbonyl (C=O) groups excluding carboxylic acids is 2. The molecule has 10 heteroatoms. The van der Waals surface area contributed by atoms with Crippen LogP contribution in [0.4, 0.5) is 8.78 Å². The summed E-state index contributed by atoms with van der Waals surface area (Å²) in [5.74, 6) is -2.47. The Hall–Kier alpha value is -3.50. The Morgan fingerprint density at radius 3 is 2.52 bits per heavy atom. The van der Waals surface area contributed by atoms with Gasteiger partial charge in [-0.3, -0.25) is 4.79 Å². The first-order valence-corrected chi connectivity index (χ1v) is 9.90. The summed E-state index contributed by atoms with van der Waals surface area (Å²) in [6, 6.07) is 10.6. The maximum atomic E-state index is 12.3. The third-order valence-corrected chi connectivity index (χ3v) is 5.07. The molecule has 3 heterocycles. The van der Waals surface area contributed by atoms with Gasteiger partial charge in [-0.2, -0.15) is 5.10 Å². The maximum absolute atomic E-state index is 12.3. The Labute approximate surface area is 180 Å². The average molecular weight is 444 g/mol. The number of thiophene rings is 1. The van der Waals surface area contributed by atoms with Crippen LogP contribution in [0, 0.1) is 11.6 Å².